The molecule has 0 aromatic heterocycles. The van der Waals surface area contributed by atoms with E-state index >= 15 is 0 Å². The fraction of sp³-hybridized carbons (Fsp3) is 0.571. The van der Waals surface area contributed by atoms with Crippen molar-refractivity contribution in [1.82, 2.24) is 0 Å². The van der Waals surface area contributed by atoms with Crippen LogP contribution < -0.4 is 4.74 Å². The smallest absolute Gasteiger partial charge is 0.119 e. The van der Waals surface area contributed by atoms with E-state index in [1.54, 1.807) is 0 Å². The number of hydrogen-bond donors (Lipinski definition) is 1. The van der Waals surface area contributed by atoms with Crippen LogP contribution in [0.1, 0.15) is 0 Å². The predicted molar refractivity (Wildman–Crippen MR) is 70.3 cm³/mol. The standard InChI is InChI=1S/C14H21O5/c15-6-7-16-8-9-17-10-11-18-12-13-19-14-4-2-1-3-5-14/h2-5,15H,6-13H2. The Bertz CT molecular complexity index is 291. The normalized spacial score (nSPS) is 10.6. The van der Waals surface area contributed by atoms with E-state index < -0.39 is 0 Å². The SMILES string of the molecule is OCCOCCOCCOCCOc1cc[c]cc1. The van der Waals surface area contributed by atoms with Gasteiger partial charge in [-0.15, -0.1) is 0 Å². The number of aliphatic hydroxyl groups is 1. The number of hydrogen-bond acceptors (Lipinski definition) is 5. The summed E-state index contributed by atoms with van der Waals surface area (Å²) in [6.07, 6.45) is 0. The molecule has 0 aliphatic heterocycles. The fourth-order valence-corrected chi connectivity index (χ4v) is 1.29. The van der Waals surface area contributed by atoms with Crippen molar-refractivity contribution in [2.24, 2.45) is 0 Å². The van der Waals surface area contributed by atoms with Gasteiger partial charge in [0.15, 0.2) is 0 Å². The summed E-state index contributed by atoms with van der Waals surface area (Å²) in [7, 11) is 0. The molecular formula is C14H21O5. The minimum absolute atomic E-state index is 0.0442. The van der Waals surface area contributed by atoms with E-state index in [1.165, 1.54) is 0 Å². The summed E-state index contributed by atoms with van der Waals surface area (Å²) >= 11 is 0. The Hall–Kier alpha value is -1.14. The molecule has 5 heteroatoms. The molecular weight excluding hydrogens is 248 g/mol. The lowest BCUT2D eigenvalue weighted by atomic mass is 10.3. The molecule has 107 valence electrons. The van der Waals surface area contributed by atoms with E-state index in [9.17, 15) is 0 Å². The van der Waals surface area contributed by atoms with Crippen molar-refractivity contribution in [2.45, 2.75) is 0 Å². The molecule has 1 aromatic rings. The average Bonchev–Trinajstić information content (AvgIpc) is 2.46. The third-order valence-electron chi connectivity index (χ3n) is 2.16. The van der Waals surface area contributed by atoms with E-state index in [2.05, 4.69) is 6.07 Å². The molecule has 0 saturated heterocycles. The Balaban J connectivity index is 1.79. The highest BCUT2D eigenvalue weighted by Gasteiger charge is 1.93. The van der Waals surface area contributed by atoms with Gasteiger partial charge in [-0.05, 0) is 18.2 Å². The topological polar surface area (TPSA) is 57.2 Å². The van der Waals surface area contributed by atoms with Gasteiger partial charge in [0.05, 0.1) is 46.2 Å². The molecule has 0 fully saturated rings. The Morgan fingerprint density at radius 3 is 1.89 bits per heavy atom. The van der Waals surface area contributed by atoms with Crippen LogP contribution in [0.15, 0.2) is 24.3 Å². The maximum atomic E-state index is 8.47. The first-order valence-electron chi connectivity index (χ1n) is 6.36. The van der Waals surface area contributed by atoms with E-state index in [-0.39, 0.29) is 6.61 Å². The van der Waals surface area contributed by atoms with E-state index in [1.807, 2.05) is 24.3 Å². The minimum Gasteiger partial charge on any atom is -0.491 e. The molecule has 0 aliphatic rings. The van der Waals surface area contributed by atoms with Crippen LogP contribution >= 0.6 is 0 Å². The van der Waals surface area contributed by atoms with Crippen LogP contribution in [-0.4, -0.2) is 58.0 Å². The first kappa shape index (κ1) is 15.9. The molecule has 0 spiro atoms. The van der Waals surface area contributed by atoms with Gasteiger partial charge in [-0.25, -0.2) is 0 Å². The van der Waals surface area contributed by atoms with Crippen molar-refractivity contribution in [2.75, 3.05) is 52.9 Å². The molecule has 0 heterocycles. The lowest BCUT2D eigenvalue weighted by molar-refractivity contribution is 0.00361. The van der Waals surface area contributed by atoms with Gasteiger partial charge in [0.1, 0.15) is 12.4 Å². The third-order valence-corrected chi connectivity index (χ3v) is 2.16. The van der Waals surface area contributed by atoms with Gasteiger partial charge in [0.2, 0.25) is 0 Å². The molecule has 1 aromatic carbocycles. The average molecular weight is 269 g/mol. The molecule has 1 radical (unpaired) electrons. The zero-order valence-electron chi connectivity index (χ0n) is 11.0. The molecule has 1 N–H and O–H groups in total. The van der Waals surface area contributed by atoms with Gasteiger partial charge in [-0.1, -0.05) is 12.1 Å². The van der Waals surface area contributed by atoms with Crippen LogP contribution in [0.2, 0.25) is 0 Å². The van der Waals surface area contributed by atoms with Gasteiger partial charge in [-0.2, -0.15) is 0 Å². The Kier molecular flexibility index (Phi) is 9.99. The molecule has 1 rings (SSSR count). The summed E-state index contributed by atoms with van der Waals surface area (Å²) in [4.78, 5) is 0. The van der Waals surface area contributed by atoms with Gasteiger partial charge in [-0.3, -0.25) is 0 Å². The van der Waals surface area contributed by atoms with Gasteiger partial charge < -0.3 is 24.1 Å². The van der Waals surface area contributed by atoms with Crippen LogP contribution in [0.4, 0.5) is 0 Å². The van der Waals surface area contributed by atoms with Gasteiger partial charge in [0.25, 0.3) is 0 Å². The van der Waals surface area contributed by atoms with Crippen molar-refractivity contribution in [3.8, 4) is 5.75 Å². The Morgan fingerprint density at radius 1 is 0.789 bits per heavy atom. The molecule has 0 aliphatic carbocycles. The number of benzene rings is 1. The van der Waals surface area contributed by atoms with Crippen molar-refractivity contribution in [1.29, 1.82) is 0 Å². The van der Waals surface area contributed by atoms with Crippen molar-refractivity contribution < 1.29 is 24.1 Å². The second-order valence-electron chi connectivity index (χ2n) is 3.64. The van der Waals surface area contributed by atoms with Crippen molar-refractivity contribution >= 4 is 0 Å². The molecule has 0 amide bonds. The molecule has 0 atom stereocenters. The summed E-state index contributed by atoms with van der Waals surface area (Å²) in [5.74, 6) is 0.819. The van der Waals surface area contributed by atoms with E-state index in [0.717, 1.165) is 5.75 Å². The quantitative estimate of drug-likeness (QED) is 0.572. The zero-order valence-corrected chi connectivity index (χ0v) is 11.0. The molecule has 0 unspecified atom stereocenters. The maximum Gasteiger partial charge on any atom is 0.119 e. The van der Waals surface area contributed by atoms with E-state index in [0.29, 0.717) is 46.2 Å². The number of aliphatic hydroxyl groups excluding tert-OH is 1. The van der Waals surface area contributed by atoms with Crippen LogP contribution in [0.5, 0.6) is 5.75 Å². The summed E-state index contributed by atoms with van der Waals surface area (Å²) < 4.78 is 21.1. The first-order valence-corrected chi connectivity index (χ1v) is 6.36. The number of rotatable bonds is 12. The fourth-order valence-electron chi connectivity index (χ4n) is 1.29. The largest absolute Gasteiger partial charge is 0.491 e. The lowest BCUT2D eigenvalue weighted by Gasteiger charge is -2.07. The summed E-state index contributed by atoms with van der Waals surface area (Å²) in [6.45, 7) is 3.52. The van der Waals surface area contributed by atoms with Crippen molar-refractivity contribution in [3.63, 3.8) is 0 Å². The number of ether oxygens (including phenoxy) is 4. The maximum absolute atomic E-state index is 8.47. The highest BCUT2D eigenvalue weighted by Crippen LogP contribution is 2.07. The van der Waals surface area contributed by atoms with Gasteiger partial charge in [0, 0.05) is 0 Å². The molecule has 19 heavy (non-hydrogen) atoms. The monoisotopic (exact) mass is 269 g/mol. The highest BCUT2D eigenvalue weighted by molar-refractivity contribution is 5.20. The second kappa shape index (κ2) is 11.9. The van der Waals surface area contributed by atoms with Crippen LogP contribution in [0.25, 0.3) is 0 Å². The predicted octanol–water partition coefficient (Wildman–Crippen LogP) is 0.908. The summed E-state index contributed by atoms with van der Waals surface area (Å²) in [6, 6.07) is 10.3. The van der Waals surface area contributed by atoms with Crippen LogP contribution in [0, 0.1) is 6.07 Å². The van der Waals surface area contributed by atoms with E-state index in [4.69, 9.17) is 24.1 Å². The third kappa shape index (κ3) is 9.44. The lowest BCUT2D eigenvalue weighted by Crippen LogP contribution is -2.13. The van der Waals surface area contributed by atoms with Crippen LogP contribution in [-0.2, 0) is 14.2 Å². The Morgan fingerprint density at radius 2 is 1.32 bits per heavy atom. The second-order valence-corrected chi connectivity index (χ2v) is 3.64. The zero-order chi connectivity index (χ0) is 13.6. The van der Waals surface area contributed by atoms with Crippen molar-refractivity contribution in [3.05, 3.63) is 30.3 Å². The summed E-state index contributed by atoms with van der Waals surface area (Å²) in [5.41, 5.74) is 0. The Labute approximate surface area is 114 Å². The molecule has 0 bridgehead atoms. The van der Waals surface area contributed by atoms with Crippen LogP contribution in [0.3, 0.4) is 0 Å². The van der Waals surface area contributed by atoms with Gasteiger partial charge >= 0.3 is 0 Å². The molecule has 0 saturated carbocycles. The minimum atomic E-state index is 0.0442. The summed E-state index contributed by atoms with van der Waals surface area (Å²) in [5, 5.41) is 8.47. The molecule has 5 nitrogen and oxygen atoms in total. The first-order chi connectivity index (χ1) is 9.43. The highest BCUT2D eigenvalue weighted by atomic mass is 16.6.